The molecule has 3 rings (SSSR count). The number of hydrogen-bond acceptors (Lipinski definition) is 4. The normalized spacial score (nSPS) is 20.2. The van der Waals surface area contributed by atoms with Crippen LogP contribution in [0.15, 0.2) is 23.1 Å². The number of hydrogen-bond donors (Lipinski definition) is 2. The van der Waals surface area contributed by atoms with Crippen molar-refractivity contribution in [2.75, 3.05) is 19.6 Å². The van der Waals surface area contributed by atoms with E-state index in [-0.39, 0.29) is 39.9 Å². The quantitative estimate of drug-likeness (QED) is 0.807. The van der Waals surface area contributed by atoms with Crippen LogP contribution in [0.5, 0.6) is 0 Å². The van der Waals surface area contributed by atoms with E-state index in [1.54, 1.807) is 0 Å². The number of aliphatic hydroxyl groups is 1. The summed E-state index contributed by atoms with van der Waals surface area (Å²) in [5, 5.41) is 10.2. The highest BCUT2D eigenvalue weighted by atomic mass is 35.5. The van der Waals surface area contributed by atoms with E-state index < -0.39 is 22.2 Å². The van der Waals surface area contributed by atoms with Crippen LogP contribution in [-0.4, -0.2) is 49.6 Å². The van der Waals surface area contributed by atoms with Gasteiger partial charge in [0.05, 0.1) is 29.7 Å². The SMILES string of the molecule is O=C(CNS(=O)(=O)c1c(Cl)cccc1Cl)N1CC(O)(C2CC2)C1. The summed E-state index contributed by atoms with van der Waals surface area (Å²) in [6.45, 7) is 0.112. The van der Waals surface area contributed by atoms with Crippen LogP contribution in [-0.2, 0) is 14.8 Å². The van der Waals surface area contributed by atoms with E-state index in [4.69, 9.17) is 23.2 Å². The highest BCUT2D eigenvalue weighted by Crippen LogP contribution is 2.44. The second-order valence-electron chi connectivity index (χ2n) is 6.00. The average molecular weight is 379 g/mol. The second-order valence-corrected chi connectivity index (χ2v) is 8.52. The third-order valence-electron chi connectivity index (χ3n) is 4.22. The number of nitrogens with one attached hydrogen (secondary N) is 1. The number of halogens is 2. The standard InChI is InChI=1S/C14H16Cl2N2O4S/c15-10-2-1-3-11(16)13(10)23(21,22)17-6-12(19)18-7-14(20,8-18)9-4-5-9/h1-3,9,17,20H,4-8H2. The zero-order chi connectivity index (χ0) is 16.8. The maximum Gasteiger partial charge on any atom is 0.244 e. The fraction of sp³-hybridized carbons (Fsp3) is 0.500. The molecule has 2 fully saturated rings. The van der Waals surface area contributed by atoms with E-state index in [1.165, 1.54) is 23.1 Å². The summed E-state index contributed by atoms with van der Waals surface area (Å²) >= 11 is 11.8. The minimum Gasteiger partial charge on any atom is -0.386 e. The maximum atomic E-state index is 12.3. The summed E-state index contributed by atoms with van der Waals surface area (Å²) in [5.41, 5.74) is -0.791. The summed E-state index contributed by atoms with van der Waals surface area (Å²) in [5.74, 6) is -0.118. The molecule has 1 amide bonds. The van der Waals surface area contributed by atoms with Gasteiger partial charge >= 0.3 is 0 Å². The summed E-state index contributed by atoms with van der Waals surface area (Å²) in [6, 6.07) is 4.36. The van der Waals surface area contributed by atoms with Crippen molar-refractivity contribution in [3.63, 3.8) is 0 Å². The second kappa shape index (κ2) is 5.89. The predicted octanol–water partition coefficient (Wildman–Crippen LogP) is 1.26. The van der Waals surface area contributed by atoms with Gasteiger partial charge < -0.3 is 10.0 Å². The molecule has 2 aliphatic rings. The molecule has 1 heterocycles. The van der Waals surface area contributed by atoms with Gasteiger partial charge in [-0.1, -0.05) is 29.3 Å². The van der Waals surface area contributed by atoms with Crippen molar-refractivity contribution in [1.29, 1.82) is 0 Å². The largest absolute Gasteiger partial charge is 0.386 e. The Labute approximate surface area is 144 Å². The molecule has 126 valence electrons. The van der Waals surface area contributed by atoms with Gasteiger partial charge in [0.15, 0.2) is 0 Å². The van der Waals surface area contributed by atoms with E-state index in [0.717, 1.165) is 12.8 Å². The Hall–Kier alpha value is -0.860. The molecule has 0 radical (unpaired) electrons. The average Bonchev–Trinajstić information content (AvgIpc) is 3.25. The van der Waals surface area contributed by atoms with Gasteiger partial charge in [0.2, 0.25) is 15.9 Å². The molecule has 0 spiro atoms. The van der Waals surface area contributed by atoms with E-state index >= 15 is 0 Å². The van der Waals surface area contributed by atoms with Crippen molar-refractivity contribution in [3.8, 4) is 0 Å². The number of likely N-dealkylation sites (tertiary alicyclic amines) is 1. The highest BCUT2D eigenvalue weighted by molar-refractivity contribution is 7.89. The smallest absolute Gasteiger partial charge is 0.244 e. The molecule has 0 bridgehead atoms. The van der Waals surface area contributed by atoms with Gasteiger partial charge in [-0.2, -0.15) is 0 Å². The van der Waals surface area contributed by atoms with E-state index in [9.17, 15) is 18.3 Å². The van der Waals surface area contributed by atoms with Crippen LogP contribution < -0.4 is 4.72 Å². The Morgan fingerprint density at radius 2 is 1.87 bits per heavy atom. The van der Waals surface area contributed by atoms with Crippen LogP contribution in [0.1, 0.15) is 12.8 Å². The molecule has 6 nitrogen and oxygen atoms in total. The van der Waals surface area contributed by atoms with Gasteiger partial charge in [-0.25, -0.2) is 13.1 Å². The number of carbonyl (C=O) groups is 1. The lowest BCUT2D eigenvalue weighted by atomic mass is 9.89. The van der Waals surface area contributed by atoms with Crippen molar-refractivity contribution in [2.24, 2.45) is 5.92 Å². The van der Waals surface area contributed by atoms with Crippen LogP contribution in [0, 0.1) is 5.92 Å². The Morgan fingerprint density at radius 3 is 2.39 bits per heavy atom. The molecule has 2 N–H and O–H groups in total. The van der Waals surface area contributed by atoms with E-state index in [0.29, 0.717) is 0 Å². The fourth-order valence-corrected chi connectivity index (χ4v) is 4.86. The van der Waals surface area contributed by atoms with Gasteiger partial charge in [0.25, 0.3) is 0 Å². The summed E-state index contributed by atoms with van der Waals surface area (Å²) in [4.78, 5) is 13.2. The van der Waals surface area contributed by atoms with Crippen LogP contribution in [0.3, 0.4) is 0 Å². The number of benzene rings is 1. The molecule has 1 aliphatic heterocycles. The van der Waals surface area contributed by atoms with E-state index in [1.807, 2.05) is 0 Å². The van der Waals surface area contributed by atoms with Crippen molar-refractivity contribution < 1.29 is 18.3 Å². The lowest BCUT2D eigenvalue weighted by Gasteiger charge is -2.47. The number of amides is 1. The number of sulfonamides is 1. The summed E-state index contributed by atoms with van der Waals surface area (Å²) in [7, 11) is -3.99. The van der Waals surface area contributed by atoms with Gasteiger partial charge in [-0.15, -0.1) is 0 Å². The van der Waals surface area contributed by atoms with Gasteiger partial charge in [-0.05, 0) is 30.9 Å². The minimum atomic E-state index is -3.99. The number of carbonyl (C=O) groups excluding carboxylic acids is 1. The zero-order valence-corrected chi connectivity index (χ0v) is 14.5. The molecule has 1 saturated heterocycles. The monoisotopic (exact) mass is 378 g/mol. The van der Waals surface area contributed by atoms with Gasteiger partial charge in [-0.3, -0.25) is 4.79 Å². The molecule has 23 heavy (non-hydrogen) atoms. The topological polar surface area (TPSA) is 86.7 Å². The highest BCUT2D eigenvalue weighted by Gasteiger charge is 2.53. The molecular weight excluding hydrogens is 363 g/mol. The predicted molar refractivity (Wildman–Crippen MR) is 85.9 cm³/mol. The van der Waals surface area contributed by atoms with Gasteiger partial charge in [0.1, 0.15) is 10.5 Å². The first-order valence-electron chi connectivity index (χ1n) is 7.17. The van der Waals surface area contributed by atoms with Crippen LogP contribution >= 0.6 is 23.2 Å². The van der Waals surface area contributed by atoms with Gasteiger partial charge in [0, 0.05) is 0 Å². The Kier molecular flexibility index (Phi) is 4.35. The number of β-amino-alcohol motifs (C(OH)–C–C–N with tert-alkyl or cyclic N) is 1. The zero-order valence-electron chi connectivity index (χ0n) is 12.1. The molecule has 1 aliphatic carbocycles. The molecule has 0 atom stereocenters. The van der Waals surface area contributed by atoms with Crippen molar-refractivity contribution in [2.45, 2.75) is 23.3 Å². The van der Waals surface area contributed by atoms with Crippen molar-refractivity contribution in [3.05, 3.63) is 28.2 Å². The number of rotatable bonds is 5. The molecule has 9 heteroatoms. The Bertz CT molecular complexity index is 723. The molecule has 0 unspecified atom stereocenters. The number of nitrogens with zero attached hydrogens (tertiary/aromatic N) is 1. The molecule has 1 aromatic carbocycles. The first kappa shape index (κ1) is 17.0. The summed E-state index contributed by atoms with van der Waals surface area (Å²) in [6.07, 6.45) is 1.96. The third kappa shape index (κ3) is 3.34. The molecule has 1 saturated carbocycles. The first-order valence-corrected chi connectivity index (χ1v) is 9.41. The lowest BCUT2D eigenvalue weighted by molar-refractivity contribution is -0.158. The van der Waals surface area contributed by atoms with Crippen LogP contribution in [0.25, 0.3) is 0 Å². The van der Waals surface area contributed by atoms with Crippen molar-refractivity contribution >= 4 is 39.1 Å². The minimum absolute atomic E-state index is 0.00971. The maximum absolute atomic E-state index is 12.3. The molecule has 0 aromatic heterocycles. The van der Waals surface area contributed by atoms with Crippen LogP contribution in [0.4, 0.5) is 0 Å². The first-order chi connectivity index (χ1) is 10.7. The van der Waals surface area contributed by atoms with Crippen LogP contribution in [0.2, 0.25) is 10.0 Å². The molecule has 1 aromatic rings. The van der Waals surface area contributed by atoms with Crippen molar-refractivity contribution in [1.82, 2.24) is 9.62 Å². The third-order valence-corrected chi connectivity index (χ3v) is 6.58. The molecular formula is C14H16Cl2N2O4S. The lowest BCUT2D eigenvalue weighted by Crippen LogP contribution is -2.65. The Balaban J connectivity index is 1.60. The fourth-order valence-electron chi connectivity index (χ4n) is 2.75. The summed E-state index contributed by atoms with van der Waals surface area (Å²) < 4.78 is 26.7. The Morgan fingerprint density at radius 1 is 1.30 bits per heavy atom. The van der Waals surface area contributed by atoms with E-state index in [2.05, 4.69) is 4.72 Å².